The Kier molecular flexibility index (Phi) is 2.80. The summed E-state index contributed by atoms with van der Waals surface area (Å²) >= 11 is 0. The Bertz CT molecular complexity index is 204. The van der Waals surface area contributed by atoms with Gasteiger partial charge in [-0.3, -0.25) is 4.79 Å². The first-order chi connectivity index (χ1) is 5.91. The van der Waals surface area contributed by atoms with E-state index in [1.807, 2.05) is 12.2 Å². The summed E-state index contributed by atoms with van der Waals surface area (Å²) in [6, 6.07) is 0.188. The van der Waals surface area contributed by atoms with Gasteiger partial charge in [0.25, 0.3) is 0 Å². The number of hydrogen-bond donors (Lipinski definition) is 2. The number of carbonyl (C=O) groups is 1. The van der Waals surface area contributed by atoms with Gasteiger partial charge in [-0.25, -0.2) is 0 Å². The fraction of sp³-hybridized carbons (Fsp3) is 0.857. The maximum absolute atomic E-state index is 11.7. The Morgan fingerprint density at radius 1 is 1.62 bits per heavy atom. The molecule has 0 bridgehead atoms. The molecule has 1 rings (SSSR count). The zero-order chi connectivity index (χ0) is 10.1. The first kappa shape index (κ1) is 10.3. The van der Waals surface area contributed by atoms with Crippen LogP contribution in [0, 0.1) is 5.92 Å². The summed E-state index contributed by atoms with van der Waals surface area (Å²) in [5.74, 6) is -1.74. The largest absolute Gasteiger partial charge is 0.471 e. The number of carbonyl (C=O) groups excluding carboxylic acids is 1. The number of nitrogens with one attached hydrogen (secondary N) is 2. The molecule has 1 saturated heterocycles. The van der Waals surface area contributed by atoms with E-state index in [1.165, 1.54) is 0 Å². The normalized spacial score (nSPS) is 28.0. The van der Waals surface area contributed by atoms with Crippen molar-refractivity contribution < 1.29 is 18.0 Å². The summed E-state index contributed by atoms with van der Waals surface area (Å²) < 4.78 is 35.1. The van der Waals surface area contributed by atoms with Gasteiger partial charge in [-0.15, -0.1) is 0 Å². The van der Waals surface area contributed by atoms with Gasteiger partial charge >= 0.3 is 12.1 Å². The lowest BCUT2D eigenvalue weighted by molar-refractivity contribution is -0.173. The molecule has 0 radical (unpaired) electrons. The molecular weight excluding hydrogens is 185 g/mol. The molecule has 0 spiro atoms. The average Bonchev–Trinajstić information content (AvgIpc) is 2.00. The minimum Gasteiger partial charge on any atom is -0.348 e. The summed E-state index contributed by atoms with van der Waals surface area (Å²) in [5.41, 5.74) is 0. The van der Waals surface area contributed by atoms with Crippen molar-refractivity contribution >= 4 is 5.91 Å². The standard InChI is InChI=1S/C7H11F3N2O/c1-4-5(2-11-4)3-12-6(13)7(8,9)10/h4-5,11H,2-3H2,1H3,(H,12,13)/t4-,5-/m1/s1. The van der Waals surface area contributed by atoms with Crippen LogP contribution < -0.4 is 10.6 Å². The van der Waals surface area contributed by atoms with Crippen molar-refractivity contribution in [2.75, 3.05) is 13.1 Å². The zero-order valence-electron chi connectivity index (χ0n) is 7.11. The summed E-state index contributed by atoms with van der Waals surface area (Å²) in [4.78, 5) is 10.4. The van der Waals surface area contributed by atoms with E-state index in [4.69, 9.17) is 0 Å². The number of hydrogen-bond acceptors (Lipinski definition) is 2. The minimum atomic E-state index is -4.76. The molecule has 1 aliphatic rings. The van der Waals surface area contributed by atoms with Gasteiger partial charge in [0.1, 0.15) is 0 Å². The molecule has 0 aromatic rings. The smallest absolute Gasteiger partial charge is 0.348 e. The summed E-state index contributed by atoms with van der Waals surface area (Å²) in [5, 5.41) is 4.84. The van der Waals surface area contributed by atoms with Crippen molar-refractivity contribution in [3.63, 3.8) is 0 Å². The molecule has 0 unspecified atom stereocenters. The van der Waals surface area contributed by atoms with Gasteiger partial charge in [0, 0.05) is 25.0 Å². The first-order valence-corrected chi connectivity index (χ1v) is 3.99. The SMILES string of the molecule is C[C@H]1NC[C@@H]1CNC(=O)C(F)(F)F. The number of halogens is 3. The van der Waals surface area contributed by atoms with Crippen LogP contribution in [-0.4, -0.2) is 31.2 Å². The van der Waals surface area contributed by atoms with Crippen LogP contribution in [0.5, 0.6) is 0 Å². The predicted molar refractivity (Wildman–Crippen MR) is 40.0 cm³/mol. The van der Waals surface area contributed by atoms with E-state index in [-0.39, 0.29) is 18.5 Å². The number of alkyl halides is 3. The van der Waals surface area contributed by atoms with Crippen LogP contribution in [0.1, 0.15) is 6.92 Å². The fourth-order valence-electron chi connectivity index (χ4n) is 1.09. The highest BCUT2D eigenvalue weighted by Gasteiger charge is 2.39. The van der Waals surface area contributed by atoms with Crippen LogP contribution in [0.15, 0.2) is 0 Å². The highest BCUT2D eigenvalue weighted by atomic mass is 19.4. The molecule has 2 N–H and O–H groups in total. The lowest BCUT2D eigenvalue weighted by atomic mass is 9.93. The van der Waals surface area contributed by atoms with Crippen molar-refractivity contribution in [1.29, 1.82) is 0 Å². The molecular formula is C7H11F3N2O. The average molecular weight is 196 g/mol. The molecule has 1 heterocycles. The topological polar surface area (TPSA) is 41.1 Å². The predicted octanol–water partition coefficient (Wildman–Crippen LogP) is 0.273. The third kappa shape index (κ3) is 2.58. The van der Waals surface area contributed by atoms with Crippen LogP contribution in [0.3, 0.4) is 0 Å². The molecule has 0 saturated carbocycles. The van der Waals surface area contributed by atoms with Crippen molar-refractivity contribution in [2.24, 2.45) is 5.92 Å². The second-order valence-corrected chi connectivity index (χ2v) is 3.16. The molecule has 0 aliphatic carbocycles. The maximum Gasteiger partial charge on any atom is 0.471 e. The number of amides is 1. The van der Waals surface area contributed by atoms with Crippen molar-refractivity contribution in [3.8, 4) is 0 Å². The van der Waals surface area contributed by atoms with E-state index >= 15 is 0 Å². The zero-order valence-corrected chi connectivity index (χ0v) is 7.11. The molecule has 13 heavy (non-hydrogen) atoms. The van der Waals surface area contributed by atoms with Gasteiger partial charge in [0.05, 0.1) is 0 Å². The molecule has 3 nitrogen and oxygen atoms in total. The van der Waals surface area contributed by atoms with Crippen LogP contribution in [0.4, 0.5) is 13.2 Å². The van der Waals surface area contributed by atoms with Gasteiger partial charge < -0.3 is 10.6 Å². The Balaban J connectivity index is 2.23. The van der Waals surface area contributed by atoms with Crippen molar-refractivity contribution in [2.45, 2.75) is 19.1 Å². The summed E-state index contributed by atoms with van der Waals surface area (Å²) in [6.07, 6.45) is -4.76. The van der Waals surface area contributed by atoms with E-state index in [9.17, 15) is 18.0 Å². The molecule has 6 heteroatoms. The van der Waals surface area contributed by atoms with E-state index in [0.717, 1.165) is 0 Å². The summed E-state index contributed by atoms with van der Waals surface area (Å²) in [6.45, 7) is 2.62. The number of rotatable bonds is 2. The molecule has 0 aromatic carbocycles. The van der Waals surface area contributed by atoms with Gasteiger partial charge in [-0.1, -0.05) is 0 Å². The third-order valence-electron chi connectivity index (χ3n) is 2.19. The fourth-order valence-corrected chi connectivity index (χ4v) is 1.09. The Morgan fingerprint density at radius 3 is 2.54 bits per heavy atom. The van der Waals surface area contributed by atoms with E-state index in [2.05, 4.69) is 5.32 Å². The molecule has 1 aliphatic heterocycles. The van der Waals surface area contributed by atoms with Crippen molar-refractivity contribution in [3.05, 3.63) is 0 Å². The van der Waals surface area contributed by atoms with Crippen LogP contribution in [0.25, 0.3) is 0 Å². The van der Waals surface area contributed by atoms with Crippen LogP contribution in [0.2, 0.25) is 0 Å². The first-order valence-electron chi connectivity index (χ1n) is 3.99. The van der Waals surface area contributed by atoms with E-state index in [0.29, 0.717) is 6.54 Å². The van der Waals surface area contributed by atoms with Crippen LogP contribution >= 0.6 is 0 Å². The molecule has 2 atom stereocenters. The quantitative estimate of drug-likeness (QED) is 0.665. The van der Waals surface area contributed by atoms with Gasteiger partial charge in [0.15, 0.2) is 0 Å². The molecule has 76 valence electrons. The highest BCUT2D eigenvalue weighted by molar-refractivity contribution is 5.81. The second kappa shape index (κ2) is 3.53. The lowest BCUT2D eigenvalue weighted by Crippen LogP contribution is -2.56. The van der Waals surface area contributed by atoms with Crippen molar-refractivity contribution in [1.82, 2.24) is 10.6 Å². The highest BCUT2D eigenvalue weighted by Crippen LogP contribution is 2.15. The Labute approximate surface area is 73.7 Å². The van der Waals surface area contributed by atoms with Crippen LogP contribution in [-0.2, 0) is 4.79 Å². The molecule has 1 fully saturated rings. The van der Waals surface area contributed by atoms with E-state index in [1.54, 1.807) is 0 Å². The monoisotopic (exact) mass is 196 g/mol. The molecule has 0 aromatic heterocycles. The maximum atomic E-state index is 11.7. The Morgan fingerprint density at radius 2 is 2.23 bits per heavy atom. The van der Waals surface area contributed by atoms with Gasteiger partial charge in [-0.05, 0) is 6.92 Å². The van der Waals surface area contributed by atoms with Gasteiger partial charge in [0.2, 0.25) is 0 Å². The Hall–Kier alpha value is -0.780. The lowest BCUT2D eigenvalue weighted by Gasteiger charge is -2.35. The minimum absolute atomic E-state index is 0.0898. The third-order valence-corrected chi connectivity index (χ3v) is 2.19. The molecule has 1 amide bonds. The van der Waals surface area contributed by atoms with Gasteiger partial charge in [-0.2, -0.15) is 13.2 Å². The second-order valence-electron chi connectivity index (χ2n) is 3.16. The van der Waals surface area contributed by atoms with E-state index < -0.39 is 12.1 Å². The summed E-state index contributed by atoms with van der Waals surface area (Å²) in [7, 11) is 0.